The van der Waals surface area contributed by atoms with Crippen molar-refractivity contribution in [2.75, 3.05) is 13.2 Å². The van der Waals surface area contributed by atoms with Crippen LogP contribution >= 0.6 is 0 Å². The summed E-state index contributed by atoms with van der Waals surface area (Å²) in [5.74, 6) is 0.703. The Labute approximate surface area is 197 Å². The van der Waals surface area contributed by atoms with Crippen LogP contribution < -0.4 is 4.74 Å². The van der Waals surface area contributed by atoms with E-state index in [2.05, 4.69) is 16.3 Å². The van der Waals surface area contributed by atoms with E-state index in [0.29, 0.717) is 24.5 Å². The molecule has 0 N–H and O–H groups in total. The molecule has 0 unspecified atom stereocenters. The number of rotatable bonds is 15. The molecule has 2 aromatic rings. The van der Waals surface area contributed by atoms with Crippen LogP contribution in [0.15, 0.2) is 58.8 Å². The SMILES string of the molecule is CC(C)C(=O)OCCCCCCCCCCOc1ccc(N=Nc2ccc(C#N)cc2)cc1. The summed E-state index contributed by atoms with van der Waals surface area (Å²) in [4.78, 5) is 11.4. The van der Waals surface area contributed by atoms with E-state index < -0.39 is 0 Å². The highest BCUT2D eigenvalue weighted by atomic mass is 16.5. The number of nitriles is 1. The Kier molecular flexibility index (Phi) is 12.3. The number of unbranched alkanes of at least 4 members (excludes halogenated alkanes) is 7. The lowest BCUT2D eigenvalue weighted by Crippen LogP contribution is -2.12. The van der Waals surface area contributed by atoms with Crippen molar-refractivity contribution < 1.29 is 14.3 Å². The van der Waals surface area contributed by atoms with E-state index in [9.17, 15) is 4.79 Å². The third-order valence-electron chi connectivity index (χ3n) is 5.14. The highest BCUT2D eigenvalue weighted by molar-refractivity contribution is 5.71. The number of benzene rings is 2. The van der Waals surface area contributed by atoms with Crippen molar-refractivity contribution in [1.29, 1.82) is 5.26 Å². The summed E-state index contributed by atoms with van der Waals surface area (Å²) in [5, 5.41) is 17.2. The lowest BCUT2D eigenvalue weighted by molar-refractivity contribution is -0.147. The van der Waals surface area contributed by atoms with E-state index in [1.54, 1.807) is 24.3 Å². The highest BCUT2D eigenvalue weighted by Gasteiger charge is 2.06. The largest absolute Gasteiger partial charge is 0.494 e. The summed E-state index contributed by atoms with van der Waals surface area (Å²) in [5.41, 5.74) is 2.07. The van der Waals surface area contributed by atoms with Gasteiger partial charge in [-0.05, 0) is 61.4 Å². The number of carbonyl (C=O) groups excluding carboxylic acids is 1. The Hall–Kier alpha value is -3.20. The van der Waals surface area contributed by atoms with Crippen molar-refractivity contribution in [3.05, 3.63) is 54.1 Å². The molecule has 0 amide bonds. The van der Waals surface area contributed by atoms with Crippen molar-refractivity contribution in [1.82, 2.24) is 0 Å². The van der Waals surface area contributed by atoms with Crippen LogP contribution in [0.25, 0.3) is 0 Å². The number of hydrogen-bond donors (Lipinski definition) is 0. The molecule has 0 aliphatic carbocycles. The molecule has 0 aliphatic rings. The van der Waals surface area contributed by atoms with Gasteiger partial charge in [0.2, 0.25) is 0 Å². The maximum absolute atomic E-state index is 11.4. The molecule has 0 atom stereocenters. The summed E-state index contributed by atoms with van der Waals surface area (Å²) in [7, 11) is 0. The number of nitrogens with zero attached hydrogens (tertiary/aromatic N) is 3. The quantitative estimate of drug-likeness (QED) is 0.159. The van der Waals surface area contributed by atoms with E-state index >= 15 is 0 Å². The summed E-state index contributed by atoms with van der Waals surface area (Å²) < 4.78 is 11.0. The minimum absolute atomic E-state index is 0.0362. The van der Waals surface area contributed by atoms with Crippen LogP contribution in [0.3, 0.4) is 0 Å². The van der Waals surface area contributed by atoms with Gasteiger partial charge in [-0.2, -0.15) is 15.5 Å². The van der Waals surface area contributed by atoms with Crippen molar-refractivity contribution >= 4 is 17.3 Å². The molecule has 0 saturated heterocycles. The van der Waals surface area contributed by atoms with Crippen LogP contribution in [-0.2, 0) is 9.53 Å². The fourth-order valence-corrected chi connectivity index (χ4v) is 3.12. The lowest BCUT2D eigenvalue weighted by atomic mass is 10.1. The van der Waals surface area contributed by atoms with Gasteiger partial charge in [-0.1, -0.05) is 52.4 Å². The van der Waals surface area contributed by atoms with Gasteiger partial charge in [0.05, 0.1) is 42.1 Å². The van der Waals surface area contributed by atoms with Crippen molar-refractivity contribution in [2.24, 2.45) is 16.1 Å². The average molecular weight is 450 g/mol. The normalized spacial score (nSPS) is 11.0. The number of hydrogen-bond acceptors (Lipinski definition) is 6. The molecule has 0 radical (unpaired) electrons. The van der Waals surface area contributed by atoms with Crippen molar-refractivity contribution in [3.8, 4) is 11.8 Å². The fraction of sp³-hybridized carbons (Fsp3) is 0.481. The summed E-state index contributed by atoms with van der Waals surface area (Å²) in [6.07, 6.45) is 9.20. The smallest absolute Gasteiger partial charge is 0.308 e. The molecule has 2 rings (SSSR count). The van der Waals surface area contributed by atoms with Crippen LogP contribution in [0.5, 0.6) is 5.75 Å². The van der Waals surface area contributed by atoms with E-state index in [1.165, 1.54) is 32.1 Å². The molecular formula is C27H35N3O3. The Morgan fingerprint density at radius 2 is 1.27 bits per heavy atom. The first-order valence-corrected chi connectivity index (χ1v) is 11.9. The maximum Gasteiger partial charge on any atom is 0.308 e. The molecule has 0 fully saturated rings. The predicted octanol–water partition coefficient (Wildman–Crippen LogP) is 7.67. The average Bonchev–Trinajstić information content (AvgIpc) is 2.84. The van der Waals surface area contributed by atoms with Gasteiger partial charge >= 0.3 is 5.97 Å². The van der Waals surface area contributed by atoms with Gasteiger partial charge in [0.15, 0.2) is 0 Å². The first-order chi connectivity index (χ1) is 16.1. The van der Waals surface area contributed by atoms with Crippen LogP contribution in [-0.4, -0.2) is 19.2 Å². The molecule has 0 spiro atoms. The lowest BCUT2D eigenvalue weighted by Gasteiger charge is -2.07. The van der Waals surface area contributed by atoms with Gasteiger partial charge in [-0.3, -0.25) is 4.79 Å². The van der Waals surface area contributed by atoms with Gasteiger partial charge in [0, 0.05) is 0 Å². The van der Waals surface area contributed by atoms with Crippen molar-refractivity contribution in [3.63, 3.8) is 0 Å². The first kappa shape index (κ1) is 26.1. The molecule has 0 bridgehead atoms. The Morgan fingerprint density at radius 1 is 0.788 bits per heavy atom. The number of azo groups is 1. The molecule has 0 aliphatic heterocycles. The maximum atomic E-state index is 11.4. The van der Waals surface area contributed by atoms with Gasteiger partial charge in [-0.25, -0.2) is 0 Å². The van der Waals surface area contributed by atoms with Crippen LogP contribution in [0, 0.1) is 17.2 Å². The molecule has 0 aromatic heterocycles. The second-order valence-corrected chi connectivity index (χ2v) is 8.35. The Morgan fingerprint density at radius 3 is 1.79 bits per heavy atom. The summed E-state index contributed by atoms with van der Waals surface area (Å²) in [6, 6.07) is 16.6. The van der Waals surface area contributed by atoms with E-state index in [-0.39, 0.29) is 11.9 Å². The third-order valence-corrected chi connectivity index (χ3v) is 5.14. The van der Waals surface area contributed by atoms with Crippen molar-refractivity contribution in [2.45, 2.75) is 65.2 Å². The van der Waals surface area contributed by atoms with Gasteiger partial charge in [0.25, 0.3) is 0 Å². The summed E-state index contributed by atoms with van der Waals surface area (Å²) in [6.45, 7) is 4.99. The monoisotopic (exact) mass is 449 g/mol. The topological polar surface area (TPSA) is 84.0 Å². The third kappa shape index (κ3) is 11.3. The van der Waals surface area contributed by atoms with E-state index in [0.717, 1.165) is 30.7 Å². The number of carbonyl (C=O) groups is 1. The molecular weight excluding hydrogens is 414 g/mol. The van der Waals surface area contributed by atoms with E-state index in [4.69, 9.17) is 14.7 Å². The fourth-order valence-electron chi connectivity index (χ4n) is 3.12. The predicted molar refractivity (Wildman–Crippen MR) is 130 cm³/mol. The molecule has 6 nitrogen and oxygen atoms in total. The van der Waals surface area contributed by atoms with Gasteiger partial charge in [0.1, 0.15) is 5.75 Å². The van der Waals surface area contributed by atoms with E-state index in [1.807, 2.05) is 38.1 Å². The zero-order valence-electron chi connectivity index (χ0n) is 19.8. The second kappa shape index (κ2) is 15.6. The highest BCUT2D eigenvalue weighted by Crippen LogP contribution is 2.22. The standard InChI is InChI=1S/C27H35N3O3/c1-22(2)27(31)33-20-10-8-6-4-3-5-7-9-19-32-26-17-15-25(16-18-26)30-29-24-13-11-23(21-28)12-14-24/h11-18,22H,3-10,19-20H2,1-2H3. The molecule has 33 heavy (non-hydrogen) atoms. The van der Waals surface area contributed by atoms with Crippen LogP contribution in [0.4, 0.5) is 11.4 Å². The Balaban J connectivity index is 1.48. The number of esters is 1. The molecule has 0 heterocycles. The minimum Gasteiger partial charge on any atom is -0.494 e. The van der Waals surface area contributed by atoms with Crippen LogP contribution in [0.2, 0.25) is 0 Å². The second-order valence-electron chi connectivity index (χ2n) is 8.35. The molecule has 176 valence electrons. The number of ether oxygens (including phenoxy) is 2. The first-order valence-electron chi connectivity index (χ1n) is 11.9. The molecule has 6 heteroatoms. The van der Waals surface area contributed by atoms with Gasteiger partial charge < -0.3 is 9.47 Å². The van der Waals surface area contributed by atoms with Gasteiger partial charge in [-0.15, -0.1) is 0 Å². The molecule has 0 saturated carbocycles. The zero-order chi connectivity index (χ0) is 23.7. The summed E-state index contributed by atoms with van der Waals surface area (Å²) >= 11 is 0. The minimum atomic E-state index is -0.0987. The zero-order valence-corrected chi connectivity index (χ0v) is 19.8. The molecule has 2 aromatic carbocycles. The van der Waals surface area contributed by atoms with Crippen LogP contribution in [0.1, 0.15) is 70.8 Å². The Bertz CT molecular complexity index is 884.